The smallest absolute Gasteiger partial charge is 0.248 e. The number of methoxy groups -OCH3 is 1. The summed E-state index contributed by atoms with van der Waals surface area (Å²) in [6.45, 7) is 7.79. The number of carbonyl (C=O) groups excluding carboxylic acids is 2. The minimum Gasteiger partial charge on any atom is -0.375 e. The molecular formula is C25H30N2O3. The van der Waals surface area contributed by atoms with E-state index in [0.29, 0.717) is 32.6 Å². The van der Waals surface area contributed by atoms with E-state index in [4.69, 9.17) is 4.74 Å². The van der Waals surface area contributed by atoms with Crippen LogP contribution in [0.15, 0.2) is 61.2 Å². The topological polar surface area (TPSA) is 49.9 Å². The van der Waals surface area contributed by atoms with Crippen molar-refractivity contribution in [1.29, 1.82) is 0 Å². The quantitative estimate of drug-likeness (QED) is 0.663. The van der Waals surface area contributed by atoms with Crippen LogP contribution in [0.3, 0.4) is 0 Å². The molecule has 0 radical (unpaired) electrons. The first-order valence-corrected chi connectivity index (χ1v) is 10.3. The summed E-state index contributed by atoms with van der Waals surface area (Å²) in [5, 5.41) is 0. The van der Waals surface area contributed by atoms with Gasteiger partial charge in [-0.05, 0) is 30.0 Å². The summed E-state index contributed by atoms with van der Waals surface area (Å²) in [6.07, 6.45) is 2.31. The number of ether oxygens (including phenoxy) is 1. The van der Waals surface area contributed by atoms with E-state index in [1.807, 2.05) is 12.1 Å². The molecule has 158 valence electrons. The maximum absolute atomic E-state index is 13.3. The average Bonchev–Trinajstić information content (AvgIpc) is 2.89. The summed E-state index contributed by atoms with van der Waals surface area (Å²) in [5.41, 5.74) is 4.58. The Morgan fingerprint density at radius 3 is 2.60 bits per heavy atom. The van der Waals surface area contributed by atoms with Gasteiger partial charge in [0.1, 0.15) is 6.61 Å². The third kappa shape index (κ3) is 5.16. The molecule has 0 N–H and O–H groups in total. The van der Waals surface area contributed by atoms with Gasteiger partial charge in [-0.25, -0.2) is 0 Å². The van der Waals surface area contributed by atoms with Gasteiger partial charge in [-0.15, -0.1) is 6.58 Å². The predicted molar refractivity (Wildman–Crippen MR) is 119 cm³/mol. The number of hydrogen-bond acceptors (Lipinski definition) is 3. The molecule has 1 unspecified atom stereocenters. The van der Waals surface area contributed by atoms with Gasteiger partial charge in [-0.3, -0.25) is 9.59 Å². The maximum Gasteiger partial charge on any atom is 0.248 e. The third-order valence-corrected chi connectivity index (χ3v) is 5.56. The van der Waals surface area contributed by atoms with Gasteiger partial charge in [0.05, 0.1) is 5.92 Å². The van der Waals surface area contributed by atoms with Crippen molar-refractivity contribution in [1.82, 2.24) is 9.80 Å². The SMILES string of the molecule is C=CCN1CCN(C(=O)COC)CC(Cc2ccccc2-c2ccc(C)cc2)C1=O. The first-order valence-electron chi connectivity index (χ1n) is 10.3. The van der Waals surface area contributed by atoms with Crippen molar-refractivity contribution < 1.29 is 14.3 Å². The van der Waals surface area contributed by atoms with Gasteiger partial charge in [0.15, 0.2) is 0 Å². The summed E-state index contributed by atoms with van der Waals surface area (Å²) in [7, 11) is 1.51. The lowest BCUT2D eigenvalue weighted by atomic mass is 9.91. The second-order valence-corrected chi connectivity index (χ2v) is 7.77. The van der Waals surface area contributed by atoms with Gasteiger partial charge in [0.25, 0.3) is 0 Å². The minimum absolute atomic E-state index is 0.0301. The van der Waals surface area contributed by atoms with E-state index in [9.17, 15) is 9.59 Å². The number of rotatable bonds is 7. The van der Waals surface area contributed by atoms with E-state index >= 15 is 0 Å². The van der Waals surface area contributed by atoms with Crippen LogP contribution in [0.5, 0.6) is 0 Å². The molecule has 2 amide bonds. The molecule has 1 heterocycles. The van der Waals surface area contributed by atoms with Gasteiger partial charge in [0, 0.05) is 33.3 Å². The zero-order valence-electron chi connectivity index (χ0n) is 17.8. The van der Waals surface area contributed by atoms with Gasteiger partial charge in [-0.1, -0.05) is 60.2 Å². The van der Waals surface area contributed by atoms with E-state index in [1.54, 1.807) is 15.9 Å². The van der Waals surface area contributed by atoms with Crippen LogP contribution < -0.4 is 0 Å². The lowest BCUT2D eigenvalue weighted by Crippen LogP contribution is -2.39. The van der Waals surface area contributed by atoms with Gasteiger partial charge < -0.3 is 14.5 Å². The standard InChI is InChI=1S/C25H30N2O3/c1-4-13-26-14-15-27(24(28)18-30-3)17-22(25(26)29)16-21-7-5-6-8-23(21)20-11-9-19(2)10-12-20/h4-12,22H,1,13-18H2,2-3H3. The molecular weight excluding hydrogens is 376 g/mol. The molecule has 30 heavy (non-hydrogen) atoms. The molecule has 2 aromatic carbocycles. The molecule has 0 aliphatic carbocycles. The molecule has 1 atom stereocenters. The Morgan fingerprint density at radius 1 is 1.17 bits per heavy atom. The number of nitrogens with zero attached hydrogens (tertiary/aromatic N) is 2. The minimum atomic E-state index is -0.306. The van der Waals surface area contributed by atoms with Crippen LogP contribution in [0.1, 0.15) is 11.1 Å². The van der Waals surface area contributed by atoms with Crippen LogP contribution in [0.4, 0.5) is 0 Å². The lowest BCUT2D eigenvalue weighted by molar-refractivity contribution is -0.136. The summed E-state index contributed by atoms with van der Waals surface area (Å²) in [6, 6.07) is 16.6. The highest BCUT2D eigenvalue weighted by molar-refractivity contribution is 5.83. The second kappa shape index (κ2) is 10.2. The van der Waals surface area contributed by atoms with Crippen molar-refractivity contribution in [2.75, 3.05) is 39.9 Å². The molecule has 5 nitrogen and oxygen atoms in total. The van der Waals surface area contributed by atoms with Crippen LogP contribution in [0.25, 0.3) is 11.1 Å². The fourth-order valence-corrected chi connectivity index (χ4v) is 3.95. The molecule has 2 aromatic rings. The van der Waals surface area contributed by atoms with Gasteiger partial charge >= 0.3 is 0 Å². The normalized spacial score (nSPS) is 17.0. The Balaban J connectivity index is 1.90. The van der Waals surface area contributed by atoms with Crippen molar-refractivity contribution in [2.24, 2.45) is 5.92 Å². The van der Waals surface area contributed by atoms with Crippen LogP contribution in [-0.4, -0.2) is 61.5 Å². The number of hydrogen-bond donors (Lipinski definition) is 0. The zero-order chi connectivity index (χ0) is 21.5. The number of amides is 2. The maximum atomic E-state index is 13.3. The van der Waals surface area contributed by atoms with Crippen LogP contribution in [0.2, 0.25) is 0 Å². The summed E-state index contributed by atoms with van der Waals surface area (Å²) in [5.74, 6) is -0.316. The lowest BCUT2D eigenvalue weighted by Gasteiger charge is -2.24. The van der Waals surface area contributed by atoms with Crippen LogP contribution in [0, 0.1) is 12.8 Å². The zero-order valence-corrected chi connectivity index (χ0v) is 17.8. The van der Waals surface area contributed by atoms with Gasteiger partial charge in [0.2, 0.25) is 11.8 Å². The van der Waals surface area contributed by atoms with Crippen molar-refractivity contribution in [3.05, 3.63) is 72.3 Å². The summed E-state index contributed by atoms with van der Waals surface area (Å²) < 4.78 is 5.03. The Kier molecular flexibility index (Phi) is 7.41. The molecule has 0 spiro atoms. The number of carbonyl (C=O) groups is 2. The third-order valence-electron chi connectivity index (χ3n) is 5.56. The average molecular weight is 407 g/mol. The van der Waals surface area contributed by atoms with Crippen molar-refractivity contribution in [3.63, 3.8) is 0 Å². The Labute approximate surface area is 178 Å². The first-order chi connectivity index (χ1) is 14.5. The Morgan fingerprint density at radius 2 is 1.90 bits per heavy atom. The molecule has 1 aliphatic rings. The fraction of sp³-hybridized carbons (Fsp3) is 0.360. The molecule has 3 rings (SSSR count). The second-order valence-electron chi connectivity index (χ2n) is 7.77. The van der Waals surface area contributed by atoms with E-state index < -0.39 is 0 Å². The van der Waals surface area contributed by atoms with Crippen LogP contribution >= 0.6 is 0 Å². The predicted octanol–water partition coefficient (Wildman–Crippen LogP) is 3.32. The van der Waals surface area contributed by atoms with E-state index in [1.165, 1.54) is 12.7 Å². The highest BCUT2D eigenvalue weighted by Gasteiger charge is 2.32. The van der Waals surface area contributed by atoms with E-state index in [2.05, 4.69) is 49.9 Å². The largest absolute Gasteiger partial charge is 0.375 e. The molecule has 1 aliphatic heterocycles. The summed E-state index contributed by atoms with van der Waals surface area (Å²) >= 11 is 0. The fourth-order valence-electron chi connectivity index (χ4n) is 3.95. The van der Waals surface area contributed by atoms with Crippen molar-refractivity contribution in [2.45, 2.75) is 13.3 Å². The number of benzene rings is 2. The highest BCUT2D eigenvalue weighted by atomic mass is 16.5. The Hall–Kier alpha value is -2.92. The van der Waals surface area contributed by atoms with Crippen molar-refractivity contribution in [3.8, 4) is 11.1 Å². The molecule has 0 saturated carbocycles. The Bertz CT molecular complexity index is 892. The highest BCUT2D eigenvalue weighted by Crippen LogP contribution is 2.27. The van der Waals surface area contributed by atoms with Crippen molar-refractivity contribution >= 4 is 11.8 Å². The van der Waals surface area contributed by atoms with E-state index in [-0.39, 0.29) is 24.3 Å². The molecule has 1 fully saturated rings. The molecule has 0 bridgehead atoms. The monoisotopic (exact) mass is 406 g/mol. The van der Waals surface area contributed by atoms with Gasteiger partial charge in [-0.2, -0.15) is 0 Å². The molecule has 0 aromatic heterocycles. The van der Waals surface area contributed by atoms with Crippen LogP contribution in [-0.2, 0) is 20.7 Å². The van der Waals surface area contributed by atoms with E-state index in [0.717, 1.165) is 16.7 Å². The molecule has 5 heteroatoms. The molecule has 1 saturated heterocycles. The number of aryl methyl sites for hydroxylation is 1. The summed E-state index contributed by atoms with van der Waals surface area (Å²) in [4.78, 5) is 29.3. The first kappa shape index (κ1) is 21.8.